The summed E-state index contributed by atoms with van der Waals surface area (Å²) in [4.78, 5) is 32.9. The number of amides is 1. The highest BCUT2D eigenvalue weighted by atomic mass is 16.7. The Labute approximate surface area is 240 Å². The summed E-state index contributed by atoms with van der Waals surface area (Å²) in [5, 5.41) is 10.6. The Kier molecular flexibility index (Phi) is 11.5. The van der Waals surface area contributed by atoms with Gasteiger partial charge in [-0.25, -0.2) is 0 Å². The summed E-state index contributed by atoms with van der Waals surface area (Å²) in [5.74, 6) is -0.0594. The van der Waals surface area contributed by atoms with Crippen molar-refractivity contribution >= 4 is 11.9 Å². The summed E-state index contributed by atoms with van der Waals surface area (Å²) in [5.41, 5.74) is 0.791. The zero-order valence-corrected chi connectivity index (χ0v) is 25.7. The molecule has 1 saturated heterocycles. The zero-order chi connectivity index (χ0) is 29.4. The lowest BCUT2D eigenvalue weighted by Crippen LogP contribution is -2.46. The molecular formula is C31H51N3O6. The van der Waals surface area contributed by atoms with Gasteiger partial charge in [0, 0.05) is 31.6 Å². The van der Waals surface area contributed by atoms with Gasteiger partial charge >= 0.3 is 5.97 Å². The highest BCUT2D eigenvalue weighted by molar-refractivity contribution is 5.79. The molecule has 0 saturated carbocycles. The molecule has 1 amide bonds. The summed E-state index contributed by atoms with van der Waals surface area (Å²) in [6.45, 7) is 11.9. The number of likely N-dealkylation sites (tertiary alicyclic amines) is 1. The Hall–Kier alpha value is -2.52. The van der Waals surface area contributed by atoms with Crippen LogP contribution in [0, 0.1) is 11.3 Å². The summed E-state index contributed by atoms with van der Waals surface area (Å²) < 4.78 is 16.8. The highest BCUT2D eigenvalue weighted by Crippen LogP contribution is 2.48. The van der Waals surface area contributed by atoms with Crippen LogP contribution < -0.4 is 14.2 Å². The number of benzene rings is 1. The van der Waals surface area contributed by atoms with E-state index in [-0.39, 0.29) is 36.6 Å². The van der Waals surface area contributed by atoms with E-state index in [1.165, 1.54) is 0 Å². The number of carboxylic acids is 1. The van der Waals surface area contributed by atoms with Crippen molar-refractivity contribution in [1.82, 2.24) is 14.7 Å². The summed E-state index contributed by atoms with van der Waals surface area (Å²) in [6, 6.07) is 3.50. The van der Waals surface area contributed by atoms with Gasteiger partial charge in [-0.1, -0.05) is 40.5 Å². The number of carboxylic acid groups (broad SMARTS) is 1. The Morgan fingerprint density at radius 1 is 1.10 bits per heavy atom. The van der Waals surface area contributed by atoms with Crippen molar-refractivity contribution in [3.05, 3.63) is 17.7 Å². The maximum absolute atomic E-state index is 13.8. The molecule has 226 valence electrons. The topological polar surface area (TPSA) is 91.8 Å². The average Bonchev–Trinajstić information content (AvgIpc) is 3.49. The van der Waals surface area contributed by atoms with E-state index in [0.29, 0.717) is 36.8 Å². The molecule has 1 N–H and O–H groups in total. The predicted molar refractivity (Wildman–Crippen MR) is 156 cm³/mol. The van der Waals surface area contributed by atoms with Crippen LogP contribution in [-0.4, -0.2) is 98.4 Å². The van der Waals surface area contributed by atoms with Gasteiger partial charge in [0.25, 0.3) is 0 Å². The van der Waals surface area contributed by atoms with Crippen LogP contribution in [0.2, 0.25) is 0 Å². The van der Waals surface area contributed by atoms with E-state index in [2.05, 4.69) is 37.5 Å². The molecule has 3 atom stereocenters. The van der Waals surface area contributed by atoms with Crippen molar-refractivity contribution in [2.75, 3.05) is 60.7 Å². The lowest BCUT2D eigenvalue weighted by molar-refractivity contribution is -0.144. The number of nitrogens with zero attached hydrogens (tertiary/aromatic N) is 3. The third-order valence-corrected chi connectivity index (χ3v) is 8.34. The van der Waals surface area contributed by atoms with Gasteiger partial charge in [-0.2, -0.15) is 0 Å². The van der Waals surface area contributed by atoms with Gasteiger partial charge < -0.3 is 29.1 Å². The number of hydrogen-bond donors (Lipinski definition) is 1. The molecule has 1 fully saturated rings. The van der Waals surface area contributed by atoms with E-state index in [0.717, 1.165) is 50.8 Å². The second kappa shape index (κ2) is 14.4. The maximum atomic E-state index is 13.8. The Morgan fingerprint density at radius 3 is 2.45 bits per heavy atom. The number of unbranched alkanes of at least 4 members (excludes halogenated alkanes) is 1. The van der Waals surface area contributed by atoms with E-state index >= 15 is 0 Å². The van der Waals surface area contributed by atoms with Crippen molar-refractivity contribution in [1.29, 1.82) is 0 Å². The largest absolute Gasteiger partial charge is 0.493 e. The Morgan fingerprint density at radius 2 is 1.82 bits per heavy atom. The molecule has 2 heterocycles. The van der Waals surface area contributed by atoms with Gasteiger partial charge in [0.05, 0.1) is 19.6 Å². The van der Waals surface area contributed by atoms with Crippen LogP contribution in [-0.2, 0) is 9.59 Å². The molecule has 0 bridgehead atoms. The molecule has 0 aliphatic carbocycles. The average molecular weight is 562 g/mol. The monoisotopic (exact) mass is 561 g/mol. The van der Waals surface area contributed by atoms with E-state index < -0.39 is 11.9 Å². The van der Waals surface area contributed by atoms with Gasteiger partial charge in [0.1, 0.15) is 0 Å². The maximum Gasteiger partial charge on any atom is 0.308 e. The Bertz CT molecular complexity index is 998. The Balaban J connectivity index is 1.93. The first-order valence-electron chi connectivity index (χ1n) is 14.9. The van der Waals surface area contributed by atoms with Crippen molar-refractivity contribution in [2.24, 2.45) is 11.3 Å². The minimum Gasteiger partial charge on any atom is -0.493 e. The van der Waals surface area contributed by atoms with E-state index in [4.69, 9.17) is 14.2 Å². The lowest BCUT2D eigenvalue weighted by Gasteiger charge is -2.35. The smallest absolute Gasteiger partial charge is 0.308 e. The fourth-order valence-corrected chi connectivity index (χ4v) is 6.35. The molecule has 2 aliphatic heterocycles. The number of carbonyl (C=O) groups is 2. The van der Waals surface area contributed by atoms with Crippen LogP contribution in [0.15, 0.2) is 12.1 Å². The molecule has 1 aromatic carbocycles. The van der Waals surface area contributed by atoms with Crippen LogP contribution >= 0.6 is 0 Å². The fraction of sp³-hybridized carbons (Fsp3) is 0.742. The standard InChI is InChI=1S/C31H51N3O6/c1-8-10-14-33(15-11-13-32(5)6)27(35)20-34-19-23(22-16-25(38-7)29-26(17-22)39-21-40-29)28(30(36)37)24(34)18-31(3,4)12-9-2/h16-17,23-24,28H,8-15,18-21H2,1-7H3,(H,36,37)/t23-,24+,28-/m1/s1. The van der Waals surface area contributed by atoms with Gasteiger partial charge in [-0.3, -0.25) is 14.5 Å². The van der Waals surface area contributed by atoms with Crippen LogP contribution in [0.5, 0.6) is 17.2 Å². The minimum atomic E-state index is -0.831. The first-order valence-corrected chi connectivity index (χ1v) is 14.9. The van der Waals surface area contributed by atoms with E-state index in [1.54, 1.807) is 7.11 Å². The quantitative estimate of drug-likeness (QED) is 0.311. The van der Waals surface area contributed by atoms with E-state index in [9.17, 15) is 14.7 Å². The van der Waals surface area contributed by atoms with Crippen LogP contribution in [0.3, 0.4) is 0 Å². The molecule has 0 radical (unpaired) electrons. The number of hydrogen-bond acceptors (Lipinski definition) is 7. The highest BCUT2D eigenvalue weighted by Gasteiger charge is 2.49. The van der Waals surface area contributed by atoms with Gasteiger partial charge in [0.2, 0.25) is 18.4 Å². The number of methoxy groups -OCH3 is 1. The number of fused-ring (bicyclic) bond motifs is 1. The summed E-state index contributed by atoms with van der Waals surface area (Å²) >= 11 is 0. The molecule has 0 unspecified atom stereocenters. The van der Waals surface area contributed by atoms with Crippen LogP contribution in [0.4, 0.5) is 0 Å². The zero-order valence-electron chi connectivity index (χ0n) is 25.7. The first kappa shape index (κ1) is 32.0. The molecular weight excluding hydrogens is 510 g/mol. The molecule has 1 aromatic rings. The van der Waals surface area contributed by atoms with Crippen molar-refractivity contribution < 1.29 is 28.9 Å². The summed E-state index contributed by atoms with van der Waals surface area (Å²) in [6.07, 6.45) is 5.61. The third kappa shape index (κ3) is 8.03. The number of ether oxygens (including phenoxy) is 3. The van der Waals surface area contributed by atoms with Crippen LogP contribution in [0.25, 0.3) is 0 Å². The van der Waals surface area contributed by atoms with Crippen molar-refractivity contribution in [3.63, 3.8) is 0 Å². The van der Waals surface area contributed by atoms with Gasteiger partial charge in [-0.05, 0) is 69.4 Å². The predicted octanol–water partition coefficient (Wildman–Crippen LogP) is 4.69. The van der Waals surface area contributed by atoms with Crippen molar-refractivity contribution in [2.45, 2.75) is 78.2 Å². The van der Waals surface area contributed by atoms with Crippen LogP contribution in [0.1, 0.15) is 77.7 Å². The molecule has 0 aromatic heterocycles. The third-order valence-electron chi connectivity index (χ3n) is 8.34. The van der Waals surface area contributed by atoms with Gasteiger partial charge in [0.15, 0.2) is 11.5 Å². The molecule has 3 rings (SSSR count). The normalized spacial score (nSPS) is 20.8. The molecule has 9 heteroatoms. The summed E-state index contributed by atoms with van der Waals surface area (Å²) in [7, 11) is 5.66. The molecule has 9 nitrogen and oxygen atoms in total. The second-order valence-corrected chi connectivity index (χ2v) is 12.4. The number of rotatable bonds is 16. The lowest BCUT2D eigenvalue weighted by atomic mass is 9.76. The van der Waals surface area contributed by atoms with E-state index in [1.807, 2.05) is 31.1 Å². The second-order valence-electron chi connectivity index (χ2n) is 12.4. The van der Waals surface area contributed by atoms with Crippen molar-refractivity contribution in [3.8, 4) is 17.2 Å². The minimum absolute atomic E-state index is 0.0521. The number of carbonyl (C=O) groups excluding carboxylic acids is 1. The molecule has 40 heavy (non-hydrogen) atoms. The number of aliphatic carboxylic acids is 1. The molecule has 2 aliphatic rings. The van der Waals surface area contributed by atoms with Gasteiger partial charge in [-0.15, -0.1) is 0 Å². The molecule has 0 spiro atoms. The fourth-order valence-electron chi connectivity index (χ4n) is 6.35. The first-order chi connectivity index (χ1) is 19.0. The SMILES string of the molecule is CCCCN(CCCN(C)C)C(=O)CN1C[C@H](c2cc(OC)c3c(c2)OCO3)[C@@H](C(=O)O)[C@@H]1CC(C)(C)CCC.